The molecule has 0 radical (unpaired) electrons. The van der Waals surface area contributed by atoms with Crippen LogP contribution in [0.1, 0.15) is 25.3 Å². The lowest BCUT2D eigenvalue weighted by atomic mass is 10.1. The summed E-state index contributed by atoms with van der Waals surface area (Å²) in [6.45, 7) is 3.22. The minimum absolute atomic E-state index is 0.0226. The Morgan fingerprint density at radius 2 is 2.42 bits per heavy atom. The first-order chi connectivity index (χ1) is 9.24. The molecule has 1 amide bonds. The summed E-state index contributed by atoms with van der Waals surface area (Å²) < 4.78 is 5.40. The van der Waals surface area contributed by atoms with Crippen LogP contribution in [-0.4, -0.2) is 30.2 Å². The predicted molar refractivity (Wildman–Crippen MR) is 73.2 cm³/mol. The summed E-state index contributed by atoms with van der Waals surface area (Å²) in [5.74, 6) is 0.632. The average molecular weight is 264 g/mol. The number of hydrogen-bond donors (Lipinski definition) is 3. The Morgan fingerprint density at radius 1 is 1.58 bits per heavy atom. The van der Waals surface area contributed by atoms with Gasteiger partial charge in [0.05, 0.1) is 19.3 Å². The van der Waals surface area contributed by atoms with Crippen molar-refractivity contribution in [1.82, 2.24) is 5.32 Å². The SMILES string of the molecule is CCOc1ccc(NC(=O)[C@@H]2CCCN2)cc1CO. The number of ether oxygens (including phenoxy) is 1. The van der Waals surface area contributed by atoms with Crippen molar-refractivity contribution in [2.75, 3.05) is 18.5 Å². The Morgan fingerprint density at radius 3 is 3.05 bits per heavy atom. The molecule has 5 nitrogen and oxygen atoms in total. The van der Waals surface area contributed by atoms with Gasteiger partial charge in [-0.3, -0.25) is 4.79 Å². The number of carbonyl (C=O) groups excluding carboxylic acids is 1. The molecule has 1 aromatic carbocycles. The molecule has 104 valence electrons. The number of anilines is 1. The first-order valence-electron chi connectivity index (χ1n) is 6.65. The van der Waals surface area contributed by atoms with Crippen molar-refractivity contribution in [3.05, 3.63) is 23.8 Å². The number of amides is 1. The molecular weight excluding hydrogens is 244 g/mol. The minimum Gasteiger partial charge on any atom is -0.494 e. The molecule has 1 aromatic rings. The van der Waals surface area contributed by atoms with Crippen LogP contribution in [0.15, 0.2) is 18.2 Å². The van der Waals surface area contributed by atoms with E-state index in [1.54, 1.807) is 18.2 Å². The normalized spacial score (nSPS) is 18.3. The molecule has 0 unspecified atom stereocenters. The monoisotopic (exact) mass is 264 g/mol. The average Bonchev–Trinajstić information content (AvgIpc) is 2.94. The van der Waals surface area contributed by atoms with E-state index in [1.807, 2.05) is 6.92 Å². The quantitative estimate of drug-likeness (QED) is 0.749. The van der Waals surface area contributed by atoms with E-state index in [2.05, 4.69) is 10.6 Å². The van der Waals surface area contributed by atoms with Gasteiger partial charge in [0.15, 0.2) is 0 Å². The number of aliphatic hydroxyl groups excluding tert-OH is 1. The van der Waals surface area contributed by atoms with Crippen molar-refractivity contribution in [3.8, 4) is 5.75 Å². The summed E-state index contributed by atoms with van der Waals surface area (Å²) in [5.41, 5.74) is 1.37. The molecule has 1 saturated heterocycles. The third kappa shape index (κ3) is 3.45. The van der Waals surface area contributed by atoms with E-state index in [1.165, 1.54) is 0 Å². The molecule has 0 bridgehead atoms. The summed E-state index contributed by atoms with van der Waals surface area (Å²) >= 11 is 0. The lowest BCUT2D eigenvalue weighted by Gasteiger charge is -2.13. The molecule has 0 saturated carbocycles. The summed E-state index contributed by atoms with van der Waals surface area (Å²) in [5, 5.41) is 15.3. The summed E-state index contributed by atoms with van der Waals surface area (Å²) in [6.07, 6.45) is 1.90. The van der Waals surface area contributed by atoms with E-state index < -0.39 is 0 Å². The minimum atomic E-state index is -0.110. The summed E-state index contributed by atoms with van der Waals surface area (Å²) in [7, 11) is 0. The molecule has 0 aromatic heterocycles. The topological polar surface area (TPSA) is 70.6 Å². The fraction of sp³-hybridized carbons (Fsp3) is 0.500. The van der Waals surface area contributed by atoms with Gasteiger partial charge in [0.2, 0.25) is 5.91 Å². The zero-order valence-corrected chi connectivity index (χ0v) is 11.1. The number of hydrogen-bond acceptors (Lipinski definition) is 4. The molecular formula is C14H20N2O3. The van der Waals surface area contributed by atoms with Gasteiger partial charge in [0, 0.05) is 11.3 Å². The van der Waals surface area contributed by atoms with Crippen LogP contribution in [0.25, 0.3) is 0 Å². The second-order valence-electron chi connectivity index (χ2n) is 4.55. The fourth-order valence-corrected chi connectivity index (χ4v) is 2.21. The number of rotatable bonds is 5. The number of aliphatic hydroxyl groups is 1. The van der Waals surface area contributed by atoms with Crippen LogP contribution in [0.4, 0.5) is 5.69 Å². The Balaban J connectivity index is 2.05. The van der Waals surface area contributed by atoms with E-state index in [-0.39, 0.29) is 18.6 Å². The largest absolute Gasteiger partial charge is 0.494 e. The van der Waals surface area contributed by atoms with Crippen molar-refractivity contribution in [2.24, 2.45) is 0 Å². The molecule has 1 fully saturated rings. The standard InChI is InChI=1S/C14H20N2O3/c1-2-19-13-6-5-11(8-10(13)9-17)16-14(18)12-4-3-7-15-12/h5-6,8,12,15,17H,2-4,7,9H2,1H3,(H,16,18)/t12-/m0/s1. The van der Waals surface area contributed by atoms with Crippen molar-refractivity contribution < 1.29 is 14.6 Å². The van der Waals surface area contributed by atoms with Crippen LogP contribution in [0.3, 0.4) is 0 Å². The van der Waals surface area contributed by atoms with Gasteiger partial charge in [-0.2, -0.15) is 0 Å². The highest BCUT2D eigenvalue weighted by Crippen LogP contribution is 2.23. The van der Waals surface area contributed by atoms with Crippen molar-refractivity contribution in [2.45, 2.75) is 32.4 Å². The predicted octanol–water partition coefficient (Wildman–Crippen LogP) is 1.27. The van der Waals surface area contributed by atoms with Gasteiger partial charge in [-0.1, -0.05) is 0 Å². The van der Waals surface area contributed by atoms with Gasteiger partial charge in [-0.25, -0.2) is 0 Å². The van der Waals surface area contributed by atoms with Crippen LogP contribution in [0.5, 0.6) is 5.75 Å². The van der Waals surface area contributed by atoms with Gasteiger partial charge in [-0.05, 0) is 44.5 Å². The smallest absolute Gasteiger partial charge is 0.241 e. The molecule has 1 heterocycles. The molecule has 0 spiro atoms. The van der Waals surface area contributed by atoms with Crippen LogP contribution >= 0.6 is 0 Å². The Hall–Kier alpha value is -1.59. The Bertz CT molecular complexity index is 442. The van der Waals surface area contributed by atoms with Crippen molar-refractivity contribution >= 4 is 11.6 Å². The first kappa shape index (κ1) is 13.8. The second kappa shape index (κ2) is 6.54. The van der Waals surface area contributed by atoms with Crippen LogP contribution in [0.2, 0.25) is 0 Å². The summed E-state index contributed by atoms with van der Waals surface area (Å²) in [6, 6.07) is 5.20. The number of benzene rings is 1. The third-order valence-electron chi connectivity index (χ3n) is 3.18. The summed E-state index contributed by atoms with van der Waals surface area (Å²) in [4.78, 5) is 12.0. The van der Waals surface area contributed by atoms with Gasteiger partial charge in [0.1, 0.15) is 5.75 Å². The maximum absolute atomic E-state index is 12.0. The number of carbonyl (C=O) groups is 1. The van der Waals surface area contributed by atoms with Crippen molar-refractivity contribution in [1.29, 1.82) is 0 Å². The highest BCUT2D eigenvalue weighted by molar-refractivity contribution is 5.95. The van der Waals surface area contributed by atoms with Gasteiger partial charge in [0.25, 0.3) is 0 Å². The zero-order valence-electron chi connectivity index (χ0n) is 11.1. The lowest BCUT2D eigenvalue weighted by Crippen LogP contribution is -2.35. The van der Waals surface area contributed by atoms with E-state index in [0.29, 0.717) is 23.6 Å². The highest BCUT2D eigenvalue weighted by atomic mass is 16.5. The maximum Gasteiger partial charge on any atom is 0.241 e. The molecule has 3 N–H and O–H groups in total. The second-order valence-corrected chi connectivity index (χ2v) is 4.55. The van der Waals surface area contributed by atoms with Gasteiger partial charge >= 0.3 is 0 Å². The van der Waals surface area contributed by atoms with Gasteiger partial charge < -0.3 is 20.5 Å². The fourth-order valence-electron chi connectivity index (χ4n) is 2.21. The molecule has 1 atom stereocenters. The molecule has 1 aliphatic heterocycles. The van der Waals surface area contributed by atoms with Crippen LogP contribution in [0, 0.1) is 0 Å². The van der Waals surface area contributed by atoms with E-state index in [9.17, 15) is 9.90 Å². The number of nitrogens with one attached hydrogen (secondary N) is 2. The van der Waals surface area contributed by atoms with E-state index in [0.717, 1.165) is 19.4 Å². The lowest BCUT2D eigenvalue weighted by molar-refractivity contribution is -0.117. The maximum atomic E-state index is 12.0. The Kier molecular flexibility index (Phi) is 4.76. The third-order valence-corrected chi connectivity index (χ3v) is 3.18. The van der Waals surface area contributed by atoms with Crippen molar-refractivity contribution in [3.63, 3.8) is 0 Å². The van der Waals surface area contributed by atoms with E-state index >= 15 is 0 Å². The van der Waals surface area contributed by atoms with Crippen LogP contribution < -0.4 is 15.4 Å². The molecule has 5 heteroatoms. The first-order valence-corrected chi connectivity index (χ1v) is 6.65. The van der Waals surface area contributed by atoms with Gasteiger partial charge in [-0.15, -0.1) is 0 Å². The van der Waals surface area contributed by atoms with Crippen LogP contribution in [-0.2, 0) is 11.4 Å². The molecule has 0 aliphatic carbocycles. The Labute approximate surface area is 113 Å². The zero-order chi connectivity index (χ0) is 13.7. The molecule has 1 aliphatic rings. The highest BCUT2D eigenvalue weighted by Gasteiger charge is 2.22. The van der Waals surface area contributed by atoms with E-state index in [4.69, 9.17) is 4.74 Å². The molecule has 2 rings (SSSR count). The molecule has 19 heavy (non-hydrogen) atoms.